The zero-order valence-corrected chi connectivity index (χ0v) is 9.77. The second-order valence-electron chi connectivity index (χ2n) is 2.60. The molecule has 0 saturated carbocycles. The van der Waals surface area contributed by atoms with Crippen molar-refractivity contribution >= 4 is 22.8 Å². The van der Waals surface area contributed by atoms with Gasteiger partial charge in [-0.1, -0.05) is 25.1 Å². The molecule has 1 atom stereocenters. The van der Waals surface area contributed by atoms with Crippen molar-refractivity contribution in [2.24, 2.45) is 0 Å². The average molecular weight is 230 g/mol. The van der Waals surface area contributed by atoms with Gasteiger partial charge in [0, 0.05) is 5.75 Å². The molecule has 0 fully saturated rings. The fourth-order valence-electron chi connectivity index (χ4n) is 0.896. The molecular formula is C10H14O2S2. The van der Waals surface area contributed by atoms with Crippen molar-refractivity contribution in [2.45, 2.75) is 6.92 Å². The van der Waals surface area contributed by atoms with Crippen LogP contribution >= 0.6 is 11.8 Å². The van der Waals surface area contributed by atoms with Crippen molar-refractivity contribution in [3.05, 3.63) is 30.3 Å². The minimum Gasteiger partial charge on any atom is -0.401 e. The molecule has 4 heteroatoms. The van der Waals surface area contributed by atoms with Gasteiger partial charge >= 0.3 is 0 Å². The molecule has 0 aliphatic rings. The standard InChI is InChI=1S/C10H14O2S2/c1-2-13-8-9-14(11)12-10-6-4-3-5-7-10/h3-7H,2,8-9H2,1H3. The highest BCUT2D eigenvalue weighted by Gasteiger charge is 2.01. The lowest BCUT2D eigenvalue weighted by molar-refractivity contribution is 0.563. The Balaban J connectivity index is 2.27. The van der Waals surface area contributed by atoms with E-state index >= 15 is 0 Å². The molecule has 0 N–H and O–H groups in total. The van der Waals surface area contributed by atoms with Crippen LogP contribution in [0.3, 0.4) is 0 Å². The van der Waals surface area contributed by atoms with Crippen LogP contribution in [0.4, 0.5) is 0 Å². The second kappa shape index (κ2) is 6.90. The zero-order valence-electron chi connectivity index (χ0n) is 8.14. The maximum Gasteiger partial charge on any atom is 0.207 e. The molecule has 1 aromatic carbocycles. The van der Waals surface area contributed by atoms with Crippen molar-refractivity contribution in [1.82, 2.24) is 0 Å². The van der Waals surface area contributed by atoms with Gasteiger partial charge in [-0.05, 0) is 17.9 Å². The van der Waals surface area contributed by atoms with E-state index in [0.717, 1.165) is 11.5 Å². The van der Waals surface area contributed by atoms with Crippen LogP contribution in [0.2, 0.25) is 0 Å². The van der Waals surface area contributed by atoms with Crippen LogP contribution in [0, 0.1) is 0 Å². The van der Waals surface area contributed by atoms with E-state index in [4.69, 9.17) is 4.18 Å². The van der Waals surface area contributed by atoms with Crippen LogP contribution in [0.25, 0.3) is 0 Å². The summed E-state index contributed by atoms with van der Waals surface area (Å²) in [6.07, 6.45) is 0. The second-order valence-corrected chi connectivity index (χ2v) is 5.18. The van der Waals surface area contributed by atoms with E-state index in [1.807, 2.05) is 30.3 Å². The Morgan fingerprint density at radius 3 is 2.71 bits per heavy atom. The molecule has 0 saturated heterocycles. The monoisotopic (exact) mass is 230 g/mol. The summed E-state index contributed by atoms with van der Waals surface area (Å²) in [5, 5.41) is 0. The Labute approximate surface area is 91.7 Å². The molecule has 0 aliphatic heterocycles. The third-order valence-corrected chi connectivity index (χ3v) is 3.61. The molecule has 0 heterocycles. The van der Waals surface area contributed by atoms with Gasteiger partial charge in [-0.25, -0.2) is 4.21 Å². The topological polar surface area (TPSA) is 26.3 Å². The Bertz CT molecular complexity index is 275. The van der Waals surface area contributed by atoms with Crippen molar-refractivity contribution in [2.75, 3.05) is 17.3 Å². The SMILES string of the molecule is CCSCCS(=O)Oc1ccccc1. The average Bonchev–Trinajstić information content (AvgIpc) is 2.20. The molecule has 0 aromatic heterocycles. The molecule has 14 heavy (non-hydrogen) atoms. The van der Waals surface area contributed by atoms with E-state index < -0.39 is 11.1 Å². The molecule has 0 bridgehead atoms. The minimum atomic E-state index is -1.19. The summed E-state index contributed by atoms with van der Waals surface area (Å²) in [6.45, 7) is 2.09. The lowest BCUT2D eigenvalue weighted by Crippen LogP contribution is -2.07. The van der Waals surface area contributed by atoms with E-state index in [0.29, 0.717) is 11.5 Å². The fraction of sp³-hybridized carbons (Fsp3) is 0.400. The minimum absolute atomic E-state index is 0.591. The highest BCUT2D eigenvalue weighted by Crippen LogP contribution is 2.10. The number of rotatable bonds is 6. The summed E-state index contributed by atoms with van der Waals surface area (Å²) < 4.78 is 16.6. The first-order chi connectivity index (χ1) is 6.83. The van der Waals surface area contributed by atoms with Crippen molar-refractivity contribution in [1.29, 1.82) is 0 Å². The summed E-state index contributed by atoms with van der Waals surface area (Å²) in [5.74, 6) is 3.21. The Morgan fingerprint density at radius 1 is 1.36 bits per heavy atom. The lowest BCUT2D eigenvalue weighted by atomic mass is 10.3. The van der Waals surface area contributed by atoms with Crippen molar-refractivity contribution < 1.29 is 8.39 Å². The molecule has 1 aromatic rings. The summed E-state index contributed by atoms with van der Waals surface area (Å²) in [7, 11) is 0. The van der Waals surface area contributed by atoms with Gasteiger partial charge in [0.1, 0.15) is 5.75 Å². The third kappa shape index (κ3) is 4.67. The molecule has 78 valence electrons. The molecule has 0 spiro atoms. The van der Waals surface area contributed by atoms with Crippen LogP contribution in [0.1, 0.15) is 6.92 Å². The van der Waals surface area contributed by atoms with Gasteiger partial charge in [0.25, 0.3) is 0 Å². The van der Waals surface area contributed by atoms with Gasteiger partial charge in [-0.2, -0.15) is 11.8 Å². The smallest absolute Gasteiger partial charge is 0.207 e. The number of hydrogen-bond acceptors (Lipinski definition) is 3. The van der Waals surface area contributed by atoms with Gasteiger partial charge in [0.05, 0.1) is 5.75 Å². The Morgan fingerprint density at radius 2 is 2.07 bits per heavy atom. The maximum absolute atomic E-state index is 11.4. The van der Waals surface area contributed by atoms with E-state index in [1.54, 1.807) is 11.8 Å². The summed E-state index contributed by atoms with van der Waals surface area (Å²) in [5.41, 5.74) is 0. The fourth-order valence-corrected chi connectivity index (χ4v) is 2.61. The Kier molecular flexibility index (Phi) is 5.71. The van der Waals surface area contributed by atoms with Crippen LogP contribution in [0.15, 0.2) is 30.3 Å². The van der Waals surface area contributed by atoms with Crippen molar-refractivity contribution in [3.8, 4) is 5.75 Å². The quantitative estimate of drug-likeness (QED) is 0.702. The van der Waals surface area contributed by atoms with E-state index in [-0.39, 0.29) is 0 Å². The maximum atomic E-state index is 11.4. The van der Waals surface area contributed by atoms with Gasteiger partial charge < -0.3 is 4.18 Å². The number of para-hydroxylation sites is 1. The first-order valence-corrected chi connectivity index (χ1v) is 6.92. The predicted octanol–water partition coefficient (Wildman–Crippen LogP) is 2.48. The lowest BCUT2D eigenvalue weighted by Gasteiger charge is -2.03. The number of thioether (sulfide) groups is 1. The van der Waals surface area contributed by atoms with E-state index in [1.165, 1.54) is 0 Å². The Hall–Kier alpha value is -0.480. The predicted molar refractivity (Wildman–Crippen MR) is 63.1 cm³/mol. The van der Waals surface area contributed by atoms with E-state index in [2.05, 4.69) is 6.92 Å². The summed E-state index contributed by atoms with van der Waals surface area (Å²) in [6, 6.07) is 9.26. The molecular weight excluding hydrogens is 216 g/mol. The normalized spacial score (nSPS) is 12.4. The number of hydrogen-bond donors (Lipinski definition) is 0. The van der Waals surface area contributed by atoms with E-state index in [9.17, 15) is 4.21 Å². The molecule has 1 unspecified atom stereocenters. The highest BCUT2D eigenvalue weighted by molar-refractivity contribution is 7.99. The summed E-state index contributed by atoms with van der Waals surface area (Å²) >= 11 is 0.581. The van der Waals surface area contributed by atoms with Crippen LogP contribution in [-0.4, -0.2) is 21.5 Å². The first-order valence-electron chi connectivity index (χ1n) is 4.52. The largest absolute Gasteiger partial charge is 0.401 e. The first kappa shape index (κ1) is 11.6. The molecule has 0 amide bonds. The van der Waals surface area contributed by atoms with Gasteiger partial charge in [0.15, 0.2) is 0 Å². The van der Waals surface area contributed by atoms with Crippen LogP contribution in [0.5, 0.6) is 5.75 Å². The van der Waals surface area contributed by atoms with Gasteiger partial charge in [-0.3, -0.25) is 0 Å². The summed E-state index contributed by atoms with van der Waals surface area (Å²) in [4.78, 5) is 0. The molecule has 0 radical (unpaired) electrons. The number of benzene rings is 1. The molecule has 0 aliphatic carbocycles. The third-order valence-electron chi connectivity index (χ3n) is 1.53. The zero-order chi connectivity index (χ0) is 10.2. The van der Waals surface area contributed by atoms with Crippen LogP contribution in [-0.2, 0) is 11.1 Å². The van der Waals surface area contributed by atoms with Gasteiger partial charge in [-0.15, -0.1) is 0 Å². The molecule has 1 rings (SSSR count). The van der Waals surface area contributed by atoms with Gasteiger partial charge in [0.2, 0.25) is 11.1 Å². The highest BCUT2D eigenvalue weighted by atomic mass is 32.2. The van der Waals surface area contributed by atoms with Crippen LogP contribution < -0.4 is 4.18 Å². The molecule has 2 nitrogen and oxygen atoms in total. The van der Waals surface area contributed by atoms with Crippen molar-refractivity contribution in [3.63, 3.8) is 0 Å².